The highest BCUT2D eigenvalue weighted by atomic mass is 35.5. The van der Waals surface area contributed by atoms with Gasteiger partial charge in [-0.15, -0.1) is 0 Å². The summed E-state index contributed by atoms with van der Waals surface area (Å²) in [5.41, 5.74) is 0.200. The van der Waals surface area contributed by atoms with Gasteiger partial charge in [-0.05, 0) is 42.5 Å². The predicted octanol–water partition coefficient (Wildman–Crippen LogP) is 4.45. The Bertz CT molecular complexity index is 714. The van der Waals surface area contributed by atoms with Crippen LogP contribution in [0.3, 0.4) is 0 Å². The van der Waals surface area contributed by atoms with Crippen LogP contribution in [0.25, 0.3) is 0 Å². The van der Waals surface area contributed by atoms with E-state index in [1.165, 1.54) is 12.1 Å². The molecule has 0 saturated heterocycles. The molecule has 0 saturated carbocycles. The largest absolute Gasteiger partial charge is 0.482 e. The number of halogens is 3. The second-order valence-corrected chi connectivity index (χ2v) is 5.73. The lowest BCUT2D eigenvalue weighted by molar-refractivity contribution is -0.144. The molecule has 0 bridgehead atoms. The summed E-state index contributed by atoms with van der Waals surface area (Å²) >= 11 is 17.4. The minimum atomic E-state index is -0.675. The Morgan fingerprint density at radius 1 is 0.870 bits per heavy atom. The summed E-state index contributed by atoms with van der Waals surface area (Å²) in [4.78, 5) is 23.5. The molecule has 2 rings (SSSR count). The minimum Gasteiger partial charge on any atom is -0.482 e. The van der Waals surface area contributed by atoms with Gasteiger partial charge in [-0.25, -0.2) is 4.79 Å². The van der Waals surface area contributed by atoms with Crippen molar-refractivity contribution in [3.05, 3.63) is 63.1 Å². The molecule has 0 spiro atoms. The van der Waals surface area contributed by atoms with Gasteiger partial charge in [0.2, 0.25) is 5.78 Å². The number of hydrogen-bond acceptors (Lipinski definition) is 4. The first-order valence-corrected chi connectivity index (χ1v) is 7.61. The lowest BCUT2D eigenvalue weighted by Gasteiger charge is -2.07. The van der Waals surface area contributed by atoms with Crippen molar-refractivity contribution < 1.29 is 19.1 Å². The van der Waals surface area contributed by atoms with Gasteiger partial charge in [-0.3, -0.25) is 4.79 Å². The second kappa shape index (κ2) is 8.20. The van der Waals surface area contributed by atoms with E-state index >= 15 is 0 Å². The van der Waals surface area contributed by atoms with Crippen molar-refractivity contribution in [1.82, 2.24) is 0 Å². The standard InChI is InChI=1S/C16H11Cl3O4/c17-10-1-4-12(5-2-10)22-9-16(21)23-8-15(20)13-7-11(18)3-6-14(13)19/h1-7H,8-9H2. The molecule has 120 valence electrons. The first-order chi connectivity index (χ1) is 11.0. The van der Waals surface area contributed by atoms with Gasteiger partial charge in [0.05, 0.1) is 5.02 Å². The van der Waals surface area contributed by atoms with Crippen LogP contribution in [0, 0.1) is 0 Å². The smallest absolute Gasteiger partial charge is 0.344 e. The highest BCUT2D eigenvalue weighted by molar-refractivity contribution is 6.36. The van der Waals surface area contributed by atoms with Crippen LogP contribution in [0.5, 0.6) is 5.75 Å². The molecule has 0 heterocycles. The summed E-state index contributed by atoms with van der Waals surface area (Å²) in [6.07, 6.45) is 0. The van der Waals surface area contributed by atoms with Crippen molar-refractivity contribution in [3.63, 3.8) is 0 Å². The average Bonchev–Trinajstić information content (AvgIpc) is 2.54. The topological polar surface area (TPSA) is 52.6 Å². The Kier molecular flexibility index (Phi) is 6.28. The summed E-state index contributed by atoms with van der Waals surface area (Å²) in [7, 11) is 0. The van der Waals surface area contributed by atoms with Crippen molar-refractivity contribution in [2.24, 2.45) is 0 Å². The van der Waals surface area contributed by atoms with Gasteiger partial charge in [0.25, 0.3) is 0 Å². The van der Waals surface area contributed by atoms with Crippen LogP contribution in [0.1, 0.15) is 10.4 Å². The number of rotatable bonds is 6. The molecule has 0 aliphatic heterocycles. The molecule has 0 aliphatic rings. The van der Waals surface area contributed by atoms with Crippen LogP contribution in [-0.2, 0) is 9.53 Å². The van der Waals surface area contributed by atoms with E-state index in [0.29, 0.717) is 15.8 Å². The maximum absolute atomic E-state index is 12.0. The molecule has 0 unspecified atom stereocenters. The molecule has 0 amide bonds. The first-order valence-electron chi connectivity index (χ1n) is 6.48. The van der Waals surface area contributed by atoms with Gasteiger partial charge in [0.15, 0.2) is 13.2 Å². The molecule has 2 aromatic rings. The first kappa shape index (κ1) is 17.6. The van der Waals surface area contributed by atoms with E-state index in [4.69, 9.17) is 44.3 Å². The van der Waals surface area contributed by atoms with Crippen molar-refractivity contribution >= 4 is 46.6 Å². The third kappa shape index (κ3) is 5.43. The van der Waals surface area contributed by atoms with E-state index in [9.17, 15) is 9.59 Å². The van der Waals surface area contributed by atoms with E-state index in [2.05, 4.69) is 0 Å². The van der Waals surface area contributed by atoms with Crippen molar-refractivity contribution in [1.29, 1.82) is 0 Å². The summed E-state index contributed by atoms with van der Waals surface area (Å²) in [5, 5.41) is 1.17. The maximum atomic E-state index is 12.0. The predicted molar refractivity (Wildman–Crippen MR) is 88.7 cm³/mol. The number of Topliss-reactive ketones (excluding diaryl/α,β-unsaturated/α-hetero) is 1. The van der Waals surface area contributed by atoms with E-state index in [1.54, 1.807) is 30.3 Å². The highest BCUT2D eigenvalue weighted by Gasteiger charge is 2.14. The van der Waals surface area contributed by atoms with Gasteiger partial charge >= 0.3 is 5.97 Å². The van der Waals surface area contributed by atoms with Crippen LogP contribution in [0.4, 0.5) is 0 Å². The number of carbonyl (C=O) groups excluding carboxylic acids is 2. The molecule has 0 atom stereocenters. The molecule has 0 fully saturated rings. The molecule has 0 N–H and O–H groups in total. The fraction of sp³-hybridized carbons (Fsp3) is 0.125. The number of ketones is 1. The molecule has 23 heavy (non-hydrogen) atoms. The fourth-order valence-electron chi connectivity index (χ4n) is 1.65. The summed E-state index contributed by atoms with van der Waals surface area (Å²) in [5.74, 6) is -0.653. The van der Waals surface area contributed by atoms with Crippen LogP contribution in [0.15, 0.2) is 42.5 Å². The summed E-state index contributed by atoms with van der Waals surface area (Å²) in [6.45, 7) is -0.763. The lowest BCUT2D eigenvalue weighted by atomic mass is 10.1. The Morgan fingerprint density at radius 2 is 1.52 bits per heavy atom. The van der Waals surface area contributed by atoms with Crippen LogP contribution in [0.2, 0.25) is 15.1 Å². The molecular formula is C16H11Cl3O4. The molecule has 4 nitrogen and oxygen atoms in total. The van der Waals surface area contributed by atoms with Gasteiger partial charge in [-0.2, -0.15) is 0 Å². The van der Waals surface area contributed by atoms with Crippen LogP contribution < -0.4 is 4.74 Å². The molecule has 7 heteroatoms. The van der Waals surface area contributed by atoms with E-state index < -0.39 is 18.4 Å². The normalized spacial score (nSPS) is 10.2. The van der Waals surface area contributed by atoms with Gasteiger partial charge in [-0.1, -0.05) is 34.8 Å². The summed E-state index contributed by atoms with van der Waals surface area (Å²) < 4.78 is 10.1. The van der Waals surface area contributed by atoms with Gasteiger partial charge in [0, 0.05) is 15.6 Å². The third-order valence-electron chi connectivity index (χ3n) is 2.76. The SMILES string of the molecule is O=C(COc1ccc(Cl)cc1)OCC(=O)c1cc(Cl)ccc1Cl. The second-order valence-electron chi connectivity index (χ2n) is 4.45. The van der Waals surface area contributed by atoms with Crippen molar-refractivity contribution in [2.75, 3.05) is 13.2 Å². The van der Waals surface area contributed by atoms with Crippen molar-refractivity contribution in [2.45, 2.75) is 0 Å². The Morgan fingerprint density at radius 3 is 2.22 bits per heavy atom. The zero-order chi connectivity index (χ0) is 16.8. The minimum absolute atomic E-state index is 0.200. The Balaban J connectivity index is 1.83. The highest BCUT2D eigenvalue weighted by Crippen LogP contribution is 2.21. The molecule has 2 aromatic carbocycles. The maximum Gasteiger partial charge on any atom is 0.344 e. The van der Waals surface area contributed by atoms with E-state index in [-0.39, 0.29) is 17.2 Å². The van der Waals surface area contributed by atoms with Crippen molar-refractivity contribution in [3.8, 4) is 5.75 Å². The molecule has 0 radical (unpaired) electrons. The lowest BCUT2D eigenvalue weighted by Crippen LogP contribution is -2.19. The zero-order valence-electron chi connectivity index (χ0n) is 11.7. The molecule has 0 aliphatic carbocycles. The number of esters is 1. The number of carbonyl (C=O) groups is 2. The third-order valence-corrected chi connectivity index (χ3v) is 3.58. The van der Waals surface area contributed by atoms with E-state index in [0.717, 1.165) is 0 Å². The quantitative estimate of drug-likeness (QED) is 0.554. The number of benzene rings is 2. The van der Waals surface area contributed by atoms with Gasteiger partial charge < -0.3 is 9.47 Å². The summed E-state index contributed by atoms with van der Waals surface area (Å²) in [6, 6.07) is 11.0. The monoisotopic (exact) mass is 372 g/mol. The van der Waals surface area contributed by atoms with Gasteiger partial charge in [0.1, 0.15) is 5.75 Å². The van der Waals surface area contributed by atoms with Crippen LogP contribution in [-0.4, -0.2) is 25.0 Å². The molecular weight excluding hydrogens is 363 g/mol. The Hall–Kier alpha value is -1.75. The van der Waals surface area contributed by atoms with E-state index in [1.807, 2.05) is 0 Å². The number of ether oxygens (including phenoxy) is 2. The fourth-order valence-corrected chi connectivity index (χ4v) is 2.17. The Labute approximate surface area is 147 Å². The average molecular weight is 374 g/mol. The number of hydrogen-bond donors (Lipinski definition) is 0. The molecule has 0 aromatic heterocycles. The zero-order valence-corrected chi connectivity index (χ0v) is 14.0. The van der Waals surface area contributed by atoms with Crippen LogP contribution >= 0.6 is 34.8 Å².